The molecule has 1 aliphatic heterocycles. The van der Waals surface area contributed by atoms with Gasteiger partial charge in [-0.25, -0.2) is 9.59 Å². The minimum Gasteiger partial charge on any atom is -0.465 e. The third-order valence-corrected chi connectivity index (χ3v) is 8.10. The Morgan fingerprint density at radius 3 is 2.47 bits per heavy atom. The number of fused-ring (bicyclic) bond motifs is 1. The minimum absolute atomic E-state index is 0.0710. The van der Waals surface area contributed by atoms with E-state index in [4.69, 9.17) is 9.47 Å². The van der Waals surface area contributed by atoms with Gasteiger partial charge in [0.25, 0.3) is 0 Å². The monoisotopic (exact) mass is 485 g/mol. The number of carbonyl (C=O) groups is 3. The van der Waals surface area contributed by atoms with Crippen LogP contribution in [0.4, 0.5) is 4.79 Å². The molecular formula is C27H35NO5S. The molecule has 0 radical (unpaired) electrons. The number of benzene rings is 1. The molecule has 184 valence electrons. The number of carbonyl (C=O) groups excluding carboxylic acids is 3. The van der Waals surface area contributed by atoms with Crippen molar-refractivity contribution in [2.45, 2.75) is 77.4 Å². The van der Waals surface area contributed by atoms with Crippen molar-refractivity contribution in [2.75, 3.05) is 13.7 Å². The Balaban J connectivity index is 1.57. The number of esters is 1. The summed E-state index contributed by atoms with van der Waals surface area (Å²) in [5, 5.41) is 0.926. The highest BCUT2D eigenvalue weighted by Gasteiger charge is 2.46. The van der Waals surface area contributed by atoms with E-state index >= 15 is 0 Å². The molecular weight excluding hydrogens is 450 g/mol. The Bertz CT molecular complexity index is 1060. The summed E-state index contributed by atoms with van der Waals surface area (Å²) >= 11 is 1.38. The summed E-state index contributed by atoms with van der Waals surface area (Å²) in [4.78, 5) is 40.9. The maximum atomic E-state index is 13.7. The lowest BCUT2D eigenvalue weighted by Gasteiger charge is -2.34. The normalized spacial score (nSPS) is 21.6. The summed E-state index contributed by atoms with van der Waals surface area (Å²) in [7, 11) is 1.37. The molecule has 2 atom stereocenters. The van der Waals surface area contributed by atoms with Crippen LogP contribution in [-0.4, -0.2) is 48.0 Å². The van der Waals surface area contributed by atoms with Gasteiger partial charge in [0.1, 0.15) is 10.5 Å². The molecule has 0 spiro atoms. The van der Waals surface area contributed by atoms with E-state index in [1.165, 1.54) is 37.7 Å². The molecule has 6 nitrogen and oxygen atoms in total. The van der Waals surface area contributed by atoms with Crippen LogP contribution in [0.2, 0.25) is 0 Å². The van der Waals surface area contributed by atoms with Crippen molar-refractivity contribution in [2.24, 2.45) is 11.8 Å². The number of thiophene rings is 1. The van der Waals surface area contributed by atoms with Gasteiger partial charge in [0.2, 0.25) is 0 Å². The molecule has 0 unspecified atom stereocenters. The molecule has 1 amide bonds. The van der Waals surface area contributed by atoms with Gasteiger partial charge in [0.15, 0.2) is 5.78 Å². The molecule has 0 N–H and O–H groups in total. The van der Waals surface area contributed by atoms with Crippen LogP contribution < -0.4 is 0 Å². The van der Waals surface area contributed by atoms with Gasteiger partial charge in [0, 0.05) is 17.7 Å². The fourth-order valence-electron chi connectivity index (χ4n) is 5.52. The first kappa shape index (κ1) is 24.7. The zero-order valence-electron chi connectivity index (χ0n) is 20.6. The number of hydrogen-bond donors (Lipinski definition) is 0. The molecule has 1 saturated heterocycles. The molecule has 1 aliphatic carbocycles. The minimum atomic E-state index is -0.602. The van der Waals surface area contributed by atoms with Crippen LogP contribution >= 0.6 is 11.3 Å². The van der Waals surface area contributed by atoms with Crippen LogP contribution in [0, 0.1) is 11.8 Å². The number of Topliss-reactive ketones (excluding diaryl/α,β-unsaturated/α-hetero) is 1. The lowest BCUT2D eigenvalue weighted by atomic mass is 9.75. The molecule has 7 heteroatoms. The van der Waals surface area contributed by atoms with E-state index in [2.05, 4.69) is 0 Å². The Hall–Kier alpha value is -2.41. The molecule has 2 heterocycles. The van der Waals surface area contributed by atoms with Crippen molar-refractivity contribution in [3.63, 3.8) is 0 Å². The fraction of sp³-hybridized carbons (Fsp3) is 0.593. The lowest BCUT2D eigenvalue weighted by Crippen LogP contribution is -2.47. The maximum absolute atomic E-state index is 13.7. The molecule has 1 aromatic carbocycles. The Labute approximate surface area is 205 Å². The van der Waals surface area contributed by atoms with Crippen molar-refractivity contribution in [1.29, 1.82) is 0 Å². The molecule has 0 bridgehead atoms. The zero-order chi connectivity index (χ0) is 24.5. The third-order valence-electron chi connectivity index (χ3n) is 7.00. The zero-order valence-corrected chi connectivity index (χ0v) is 21.4. The second-order valence-electron chi connectivity index (χ2n) is 10.6. The van der Waals surface area contributed by atoms with Gasteiger partial charge in [-0.2, -0.15) is 0 Å². The molecule has 2 aliphatic rings. The quantitative estimate of drug-likeness (QED) is 0.485. The van der Waals surface area contributed by atoms with E-state index in [1.54, 1.807) is 4.90 Å². The van der Waals surface area contributed by atoms with Gasteiger partial charge in [-0.05, 0) is 68.2 Å². The number of likely N-dealkylation sites (tertiary alicyclic amines) is 1. The number of nitrogens with zero attached hydrogens (tertiary/aromatic N) is 1. The first-order valence-electron chi connectivity index (χ1n) is 12.3. The Kier molecular flexibility index (Phi) is 7.31. The predicted molar refractivity (Wildman–Crippen MR) is 133 cm³/mol. The number of amides is 1. The van der Waals surface area contributed by atoms with E-state index in [1.807, 2.05) is 45.0 Å². The van der Waals surface area contributed by atoms with Gasteiger partial charge >= 0.3 is 12.1 Å². The Morgan fingerprint density at radius 1 is 1.06 bits per heavy atom. The summed E-state index contributed by atoms with van der Waals surface area (Å²) in [6.45, 7) is 6.14. The summed E-state index contributed by atoms with van der Waals surface area (Å²) in [6.07, 6.45) is 6.64. The summed E-state index contributed by atoms with van der Waals surface area (Å²) < 4.78 is 11.5. The van der Waals surface area contributed by atoms with Gasteiger partial charge < -0.3 is 9.47 Å². The van der Waals surface area contributed by atoms with Gasteiger partial charge in [-0.3, -0.25) is 9.69 Å². The van der Waals surface area contributed by atoms with Crippen LogP contribution in [0.1, 0.15) is 74.5 Å². The van der Waals surface area contributed by atoms with Crippen molar-refractivity contribution < 1.29 is 23.9 Å². The topological polar surface area (TPSA) is 72.9 Å². The number of methoxy groups -OCH3 is 1. The molecule has 1 aromatic heterocycles. The Morgan fingerprint density at radius 2 is 1.79 bits per heavy atom. The largest absolute Gasteiger partial charge is 0.465 e. The van der Waals surface area contributed by atoms with E-state index in [-0.39, 0.29) is 30.2 Å². The highest BCUT2D eigenvalue weighted by molar-refractivity contribution is 7.20. The van der Waals surface area contributed by atoms with E-state index in [0.29, 0.717) is 17.3 Å². The number of ketones is 1. The van der Waals surface area contributed by atoms with E-state index in [0.717, 1.165) is 34.9 Å². The van der Waals surface area contributed by atoms with Crippen molar-refractivity contribution >= 4 is 39.3 Å². The molecule has 34 heavy (non-hydrogen) atoms. The SMILES string of the molecule is COC(=O)c1cc2cc(CC(=O)[C@@H]3[C@H](C4CCCCC4)CCN3C(=O)OC(C)(C)C)ccc2s1. The standard InChI is InChI=1S/C27H35NO5S/c1-27(2,3)33-26(31)28-13-12-20(18-8-6-5-7-9-18)24(28)21(29)15-17-10-11-22-19(14-17)16-23(34-22)25(30)32-4/h10-11,14,16,18,20,24H,5-9,12-13,15H2,1-4H3/t20-,24-/m0/s1. The van der Waals surface area contributed by atoms with Crippen molar-refractivity contribution in [3.05, 3.63) is 34.7 Å². The second kappa shape index (κ2) is 10.1. The first-order chi connectivity index (χ1) is 16.2. The highest BCUT2D eigenvalue weighted by Crippen LogP contribution is 2.40. The predicted octanol–water partition coefficient (Wildman–Crippen LogP) is 6.01. The molecule has 1 saturated carbocycles. The van der Waals surface area contributed by atoms with Gasteiger partial charge in [-0.1, -0.05) is 38.2 Å². The first-order valence-corrected chi connectivity index (χ1v) is 13.1. The average Bonchev–Trinajstić information content (AvgIpc) is 3.42. The second-order valence-corrected chi connectivity index (χ2v) is 11.7. The van der Waals surface area contributed by atoms with E-state index < -0.39 is 11.6 Å². The van der Waals surface area contributed by atoms with Crippen LogP contribution in [0.15, 0.2) is 24.3 Å². The highest BCUT2D eigenvalue weighted by atomic mass is 32.1. The van der Waals surface area contributed by atoms with Crippen molar-refractivity contribution in [3.8, 4) is 0 Å². The maximum Gasteiger partial charge on any atom is 0.410 e. The number of hydrogen-bond acceptors (Lipinski definition) is 6. The van der Waals surface area contributed by atoms with Gasteiger partial charge in [-0.15, -0.1) is 11.3 Å². The van der Waals surface area contributed by atoms with Crippen molar-refractivity contribution in [1.82, 2.24) is 4.90 Å². The third kappa shape index (κ3) is 5.45. The summed E-state index contributed by atoms with van der Waals surface area (Å²) in [5.74, 6) is 0.392. The average molecular weight is 486 g/mol. The summed E-state index contributed by atoms with van der Waals surface area (Å²) in [5.41, 5.74) is 0.291. The molecule has 2 fully saturated rings. The summed E-state index contributed by atoms with van der Waals surface area (Å²) in [6, 6.07) is 7.24. The number of ether oxygens (including phenoxy) is 2. The van der Waals surface area contributed by atoms with Crippen LogP contribution in [0.3, 0.4) is 0 Å². The smallest absolute Gasteiger partial charge is 0.410 e. The molecule has 4 rings (SSSR count). The van der Waals surface area contributed by atoms with Crippen LogP contribution in [0.5, 0.6) is 0 Å². The molecule has 2 aromatic rings. The van der Waals surface area contributed by atoms with E-state index in [9.17, 15) is 14.4 Å². The van der Waals surface area contributed by atoms with Gasteiger partial charge in [0.05, 0.1) is 13.2 Å². The lowest BCUT2D eigenvalue weighted by molar-refractivity contribution is -0.124. The van der Waals surface area contributed by atoms with Crippen LogP contribution in [0.25, 0.3) is 10.1 Å². The number of rotatable bonds is 5. The fourth-order valence-corrected chi connectivity index (χ4v) is 6.48. The van der Waals surface area contributed by atoms with Crippen LogP contribution in [-0.2, 0) is 20.7 Å².